The van der Waals surface area contributed by atoms with E-state index in [4.69, 9.17) is 27.9 Å². The highest BCUT2D eigenvalue weighted by Gasteiger charge is 2.21. The van der Waals surface area contributed by atoms with Crippen molar-refractivity contribution in [2.45, 2.75) is 57.3 Å². The number of carboxylic acids is 1. The van der Waals surface area contributed by atoms with Gasteiger partial charge in [-0.25, -0.2) is 0 Å². The first-order valence-electron chi connectivity index (χ1n) is 16.4. The highest BCUT2D eigenvalue weighted by molar-refractivity contribution is 7.59. The predicted molar refractivity (Wildman–Crippen MR) is 215 cm³/mol. The summed E-state index contributed by atoms with van der Waals surface area (Å²) in [5.41, 5.74) is 7.83. The molecule has 12 heteroatoms. The summed E-state index contributed by atoms with van der Waals surface area (Å²) in [4.78, 5) is 22.8. The van der Waals surface area contributed by atoms with E-state index in [-0.39, 0.29) is 39.4 Å². The summed E-state index contributed by atoms with van der Waals surface area (Å²) >= 11 is 13.9. The molecule has 8 nitrogen and oxygen atoms in total. The van der Waals surface area contributed by atoms with Crippen LogP contribution in [0.4, 0.5) is 0 Å². The third-order valence-electron chi connectivity index (χ3n) is 9.28. The van der Waals surface area contributed by atoms with Gasteiger partial charge < -0.3 is 24.8 Å². The highest BCUT2D eigenvalue weighted by Crippen LogP contribution is 2.40. The van der Waals surface area contributed by atoms with Gasteiger partial charge in [0.15, 0.2) is 0 Å². The fourth-order valence-corrected chi connectivity index (χ4v) is 7.17. The first-order valence-corrected chi connectivity index (χ1v) is 17.2. The number of fused-ring (bicyclic) bond motifs is 1. The number of carbonyl (C=O) groups is 2. The standard InChI is InChI=1S/C39H39Cl2N3O5.2H2S/c1-49-36-20-27(33(40)19-26(36)21-42-34(23-45)39(47)48)22-44-18-17-31-30(8-4-10-35(31)44)32-9-3-7-29(38(32)41)25-13-11-24(12-14-25)5-2-6-28-15-16-37(46)43-28;;/h3-4,7-14,17-20,28,34,42,45H,2,5-6,15-16,21-23H2,1H3,(H,43,46)(H,47,48);2*1H2/t28-,34+;;/m1../s1. The van der Waals surface area contributed by atoms with Crippen molar-refractivity contribution in [1.82, 2.24) is 15.2 Å². The quantitative estimate of drug-likeness (QED) is 0.0922. The zero-order valence-corrected chi connectivity index (χ0v) is 31.7. The summed E-state index contributed by atoms with van der Waals surface area (Å²) in [6.07, 6.45) is 6.62. The number of aryl methyl sites for hydroxylation is 1. The number of amides is 1. The Morgan fingerprint density at radius 1 is 1.00 bits per heavy atom. The Bertz CT molecular complexity index is 1990. The van der Waals surface area contributed by atoms with Gasteiger partial charge in [-0.15, -0.1) is 0 Å². The Labute approximate surface area is 322 Å². The van der Waals surface area contributed by atoms with Crippen molar-refractivity contribution in [1.29, 1.82) is 0 Å². The molecule has 51 heavy (non-hydrogen) atoms. The molecule has 1 saturated heterocycles. The molecule has 0 bridgehead atoms. The number of ether oxygens (including phenoxy) is 1. The van der Waals surface area contributed by atoms with Crippen molar-refractivity contribution >= 4 is 73.0 Å². The minimum absolute atomic E-state index is 0. The number of carboxylic acid groups (broad SMARTS) is 1. The van der Waals surface area contributed by atoms with Crippen LogP contribution in [0.5, 0.6) is 5.75 Å². The molecule has 2 atom stereocenters. The molecule has 1 aromatic heterocycles. The smallest absolute Gasteiger partial charge is 0.323 e. The Morgan fingerprint density at radius 2 is 1.73 bits per heavy atom. The summed E-state index contributed by atoms with van der Waals surface area (Å²) in [6.45, 7) is 0.127. The van der Waals surface area contributed by atoms with E-state index in [1.165, 1.54) is 5.56 Å². The van der Waals surface area contributed by atoms with Gasteiger partial charge >= 0.3 is 5.97 Å². The molecule has 1 aliphatic rings. The minimum atomic E-state index is -1.13. The average molecular weight is 769 g/mol. The van der Waals surface area contributed by atoms with Crippen molar-refractivity contribution in [3.63, 3.8) is 0 Å². The van der Waals surface area contributed by atoms with Gasteiger partial charge in [0.25, 0.3) is 0 Å². The number of aliphatic hydroxyl groups excluding tert-OH is 1. The van der Waals surface area contributed by atoms with Gasteiger partial charge in [0.05, 0.1) is 18.7 Å². The Balaban J connectivity index is 0.00000292. The second-order valence-electron chi connectivity index (χ2n) is 12.5. The number of aliphatic hydroxyl groups is 1. The lowest BCUT2D eigenvalue weighted by Gasteiger charge is -2.16. The molecule has 5 aromatic rings. The van der Waals surface area contributed by atoms with Gasteiger partial charge in [-0.2, -0.15) is 27.0 Å². The number of rotatable bonds is 14. The molecule has 6 rings (SSSR count). The van der Waals surface area contributed by atoms with E-state index in [2.05, 4.69) is 63.7 Å². The topological polar surface area (TPSA) is 113 Å². The van der Waals surface area contributed by atoms with Crippen LogP contribution in [0.25, 0.3) is 33.2 Å². The molecule has 4 aromatic carbocycles. The molecule has 1 fully saturated rings. The van der Waals surface area contributed by atoms with Crippen LogP contribution in [0.15, 0.2) is 85.1 Å². The molecule has 0 unspecified atom stereocenters. The van der Waals surface area contributed by atoms with Crippen molar-refractivity contribution in [3.05, 3.63) is 112 Å². The third kappa shape index (κ3) is 9.24. The second kappa shape index (κ2) is 18.2. The van der Waals surface area contributed by atoms with Crippen molar-refractivity contribution in [3.8, 4) is 28.0 Å². The van der Waals surface area contributed by atoms with E-state index in [0.717, 1.165) is 64.4 Å². The minimum Gasteiger partial charge on any atom is -0.496 e. The number of aliphatic carboxylic acids is 1. The number of aromatic nitrogens is 1. The number of halogens is 2. The second-order valence-corrected chi connectivity index (χ2v) is 13.2. The fourth-order valence-electron chi connectivity index (χ4n) is 6.59. The number of hydrogen-bond donors (Lipinski definition) is 4. The van der Waals surface area contributed by atoms with E-state index >= 15 is 0 Å². The molecule has 0 spiro atoms. The highest BCUT2D eigenvalue weighted by atomic mass is 35.5. The Hall–Kier alpha value is -3.64. The zero-order valence-electron chi connectivity index (χ0n) is 28.2. The molecule has 1 amide bonds. The van der Waals surface area contributed by atoms with Crippen LogP contribution in [0.1, 0.15) is 42.4 Å². The summed E-state index contributed by atoms with van der Waals surface area (Å²) in [7, 11) is 1.56. The van der Waals surface area contributed by atoms with Gasteiger partial charge in [0, 0.05) is 64.4 Å². The van der Waals surface area contributed by atoms with Crippen LogP contribution >= 0.6 is 50.2 Å². The van der Waals surface area contributed by atoms with Crippen LogP contribution in [0, 0.1) is 0 Å². The molecular weight excluding hydrogens is 725 g/mol. The van der Waals surface area contributed by atoms with Gasteiger partial charge in [-0.05, 0) is 72.2 Å². The summed E-state index contributed by atoms with van der Waals surface area (Å²) < 4.78 is 7.74. The Kier molecular flexibility index (Phi) is 14.3. The lowest BCUT2D eigenvalue weighted by Crippen LogP contribution is -2.39. The Morgan fingerprint density at radius 3 is 2.41 bits per heavy atom. The monoisotopic (exact) mass is 767 g/mol. The largest absolute Gasteiger partial charge is 0.496 e. The number of nitrogens with zero attached hydrogens (tertiary/aromatic N) is 1. The molecule has 1 aliphatic heterocycles. The number of methoxy groups -OCH3 is 1. The maximum Gasteiger partial charge on any atom is 0.323 e. The van der Waals surface area contributed by atoms with Crippen LogP contribution in [-0.2, 0) is 29.1 Å². The lowest BCUT2D eigenvalue weighted by atomic mass is 9.95. The maximum absolute atomic E-state index is 11.5. The fraction of sp³-hybridized carbons (Fsp3) is 0.282. The van der Waals surface area contributed by atoms with Crippen LogP contribution < -0.4 is 15.4 Å². The zero-order chi connectivity index (χ0) is 34.5. The number of hydrogen-bond acceptors (Lipinski definition) is 5. The van der Waals surface area contributed by atoms with E-state index in [9.17, 15) is 19.8 Å². The SMILES string of the molecule is COc1cc(Cn2ccc3c(-c4cccc(-c5ccc(CCC[C@@H]6CCC(=O)N6)cc5)c4Cl)cccc32)c(Cl)cc1CN[C@@H](CO)C(=O)O.S.S. The van der Waals surface area contributed by atoms with Crippen molar-refractivity contribution in [2.75, 3.05) is 13.7 Å². The van der Waals surface area contributed by atoms with Crippen LogP contribution in [0.2, 0.25) is 10.0 Å². The third-order valence-corrected chi connectivity index (χ3v) is 10.0. The molecule has 0 saturated carbocycles. The predicted octanol–water partition coefficient (Wildman–Crippen LogP) is 7.70. The van der Waals surface area contributed by atoms with E-state index < -0.39 is 18.6 Å². The first-order chi connectivity index (χ1) is 23.7. The van der Waals surface area contributed by atoms with Gasteiger partial charge in [0.1, 0.15) is 11.8 Å². The molecule has 2 heterocycles. The molecule has 270 valence electrons. The summed E-state index contributed by atoms with van der Waals surface area (Å²) in [5.74, 6) is -0.396. The number of carbonyl (C=O) groups excluding carboxylic acids is 1. The van der Waals surface area contributed by atoms with E-state index in [1.54, 1.807) is 13.2 Å². The average Bonchev–Trinajstić information content (AvgIpc) is 3.72. The van der Waals surface area contributed by atoms with Crippen molar-refractivity contribution < 1.29 is 24.5 Å². The van der Waals surface area contributed by atoms with E-state index in [1.807, 2.05) is 30.5 Å². The van der Waals surface area contributed by atoms with Gasteiger partial charge in [-0.3, -0.25) is 14.9 Å². The van der Waals surface area contributed by atoms with E-state index in [0.29, 0.717) is 40.4 Å². The number of benzene rings is 4. The normalized spacial score (nSPS) is 14.4. The summed E-state index contributed by atoms with van der Waals surface area (Å²) in [6, 6.07) is 25.9. The van der Waals surface area contributed by atoms with Crippen LogP contribution in [0.3, 0.4) is 0 Å². The summed E-state index contributed by atoms with van der Waals surface area (Å²) in [5, 5.41) is 26.7. The molecule has 0 radical (unpaired) electrons. The molecule has 0 aliphatic carbocycles. The number of nitrogens with one attached hydrogen (secondary N) is 2. The van der Waals surface area contributed by atoms with Gasteiger partial charge in [0.2, 0.25) is 5.91 Å². The maximum atomic E-state index is 11.5. The molecular formula is C39H43Cl2N3O5S2. The van der Waals surface area contributed by atoms with Crippen LogP contribution in [-0.4, -0.2) is 52.5 Å². The van der Waals surface area contributed by atoms with Crippen molar-refractivity contribution in [2.24, 2.45) is 0 Å². The van der Waals surface area contributed by atoms with Gasteiger partial charge in [-0.1, -0.05) is 77.8 Å². The molecule has 4 N–H and O–H groups in total. The lowest BCUT2D eigenvalue weighted by molar-refractivity contribution is -0.140. The first kappa shape index (κ1) is 40.1.